The van der Waals surface area contributed by atoms with Crippen LogP contribution in [0, 0.1) is 5.82 Å². The summed E-state index contributed by atoms with van der Waals surface area (Å²) in [4.78, 5) is 18.5. The normalized spacial score (nSPS) is 15.4. The van der Waals surface area contributed by atoms with Gasteiger partial charge in [0.25, 0.3) is 0 Å². The Kier molecular flexibility index (Phi) is 8.74. The Bertz CT molecular complexity index is 1820. The largest absolute Gasteiger partial charge is 0.416 e. The van der Waals surface area contributed by atoms with Gasteiger partial charge in [0, 0.05) is 35.7 Å². The van der Waals surface area contributed by atoms with E-state index in [1.807, 2.05) is 0 Å². The molecule has 0 aliphatic carbocycles. The number of hydrogen-bond donors (Lipinski definition) is 0. The van der Waals surface area contributed by atoms with Gasteiger partial charge in [0.15, 0.2) is 17.7 Å². The number of nitrogens with zero attached hydrogens (tertiary/aromatic N) is 5. The van der Waals surface area contributed by atoms with Crippen molar-refractivity contribution in [3.8, 4) is 22.5 Å². The molecule has 3 aromatic heterocycles. The van der Waals surface area contributed by atoms with Crippen LogP contribution in [0.15, 0.2) is 71.5 Å². The number of hydrogen-bond acceptors (Lipinski definition) is 8. The first kappa shape index (κ1) is 30.6. The highest BCUT2D eigenvalue weighted by atomic mass is 35.5. The first-order chi connectivity index (χ1) is 21.7. The molecule has 5 aromatic rings. The van der Waals surface area contributed by atoms with Gasteiger partial charge in [-0.3, -0.25) is 9.78 Å². The number of alkyl halides is 3. The highest BCUT2D eigenvalue weighted by molar-refractivity contribution is 6.33. The van der Waals surface area contributed by atoms with Crippen LogP contribution in [0.4, 0.5) is 17.6 Å². The standard InChI is InChI=1S/C31H24ClF4N5O4/c32-22-8-2-1-7-21(22)27-26(24(45-39-27)17-44-25-9-3-4-13-43-25)30(42)28-29(18-6-5-12-37-15-18)41(40-38-28)16-19-14-20(31(34,35)36)10-11-23(19)33/h1-2,5-8,10-12,14-15,25H,3-4,9,13,16-17H2. The van der Waals surface area contributed by atoms with Crippen LogP contribution < -0.4 is 0 Å². The number of rotatable bonds is 9. The number of carbonyl (C=O) groups is 1. The Labute approximate surface area is 258 Å². The molecular formula is C31H24ClF4N5O4. The second-order valence-corrected chi connectivity index (χ2v) is 10.6. The Morgan fingerprint density at radius 2 is 1.96 bits per heavy atom. The molecule has 14 heteroatoms. The zero-order valence-corrected chi connectivity index (χ0v) is 24.2. The molecule has 1 unspecified atom stereocenters. The SMILES string of the molecule is O=C(c1nnn(Cc2cc(C(F)(F)F)ccc2F)c1-c1cccnc1)c1c(-c2ccccc2Cl)noc1COC1CCCCO1. The molecule has 0 radical (unpaired) electrons. The highest BCUT2D eigenvalue weighted by Gasteiger charge is 2.33. The number of ether oxygens (including phenoxy) is 2. The first-order valence-electron chi connectivity index (χ1n) is 13.9. The lowest BCUT2D eigenvalue weighted by Gasteiger charge is -2.22. The number of benzene rings is 2. The van der Waals surface area contributed by atoms with Crippen molar-refractivity contribution in [1.29, 1.82) is 0 Å². The topological polar surface area (TPSA) is 105 Å². The predicted octanol–water partition coefficient (Wildman–Crippen LogP) is 7.13. The van der Waals surface area contributed by atoms with Crippen molar-refractivity contribution in [3.05, 3.63) is 106 Å². The summed E-state index contributed by atoms with van der Waals surface area (Å²) in [7, 11) is 0. The molecule has 0 amide bonds. The Morgan fingerprint density at radius 1 is 1.11 bits per heavy atom. The summed E-state index contributed by atoms with van der Waals surface area (Å²) in [5.74, 6) is -1.48. The van der Waals surface area contributed by atoms with E-state index in [0.29, 0.717) is 41.3 Å². The van der Waals surface area contributed by atoms with Crippen molar-refractivity contribution in [2.75, 3.05) is 6.61 Å². The molecule has 9 nitrogen and oxygen atoms in total. The molecule has 1 aliphatic rings. The Hall–Kier alpha value is -4.46. The second kappa shape index (κ2) is 12.9. The summed E-state index contributed by atoms with van der Waals surface area (Å²) in [6.07, 6.45) is 0.250. The van der Waals surface area contributed by atoms with E-state index in [1.165, 1.54) is 12.4 Å². The predicted molar refractivity (Wildman–Crippen MR) is 153 cm³/mol. The summed E-state index contributed by atoms with van der Waals surface area (Å²) < 4.78 is 73.4. The third kappa shape index (κ3) is 6.51. The van der Waals surface area contributed by atoms with Crippen LogP contribution in [0.1, 0.15) is 52.2 Å². The van der Waals surface area contributed by atoms with Gasteiger partial charge in [-0.25, -0.2) is 9.07 Å². The molecule has 232 valence electrons. The average molecular weight is 642 g/mol. The average Bonchev–Trinajstić information content (AvgIpc) is 3.66. The molecule has 0 N–H and O–H groups in total. The quantitative estimate of drug-likeness (QED) is 0.124. The van der Waals surface area contributed by atoms with Gasteiger partial charge >= 0.3 is 6.18 Å². The molecule has 1 aliphatic heterocycles. The molecule has 4 heterocycles. The zero-order chi connectivity index (χ0) is 31.6. The van der Waals surface area contributed by atoms with Gasteiger partial charge in [-0.15, -0.1) is 5.10 Å². The second-order valence-electron chi connectivity index (χ2n) is 10.2. The molecule has 45 heavy (non-hydrogen) atoms. The van der Waals surface area contributed by atoms with E-state index in [4.69, 9.17) is 25.6 Å². The van der Waals surface area contributed by atoms with E-state index in [-0.39, 0.29) is 40.6 Å². The van der Waals surface area contributed by atoms with Crippen molar-refractivity contribution in [3.63, 3.8) is 0 Å². The lowest BCUT2D eigenvalue weighted by atomic mass is 9.98. The van der Waals surface area contributed by atoms with E-state index >= 15 is 0 Å². The molecule has 0 bridgehead atoms. The van der Waals surface area contributed by atoms with Gasteiger partial charge in [-0.05, 0) is 55.7 Å². The maximum atomic E-state index is 14.8. The fourth-order valence-corrected chi connectivity index (χ4v) is 5.25. The minimum atomic E-state index is -4.69. The van der Waals surface area contributed by atoms with Gasteiger partial charge in [-0.1, -0.05) is 40.2 Å². The summed E-state index contributed by atoms with van der Waals surface area (Å²) in [6.45, 7) is -0.0764. The maximum absolute atomic E-state index is 14.8. The third-order valence-electron chi connectivity index (χ3n) is 7.24. The molecule has 0 spiro atoms. The van der Waals surface area contributed by atoms with Gasteiger partial charge in [0.1, 0.15) is 23.8 Å². The smallest absolute Gasteiger partial charge is 0.357 e. The van der Waals surface area contributed by atoms with Crippen LogP contribution >= 0.6 is 11.6 Å². The molecule has 1 saturated heterocycles. The van der Waals surface area contributed by atoms with Crippen LogP contribution in [0.5, 0.6) is 0 Å². The molecule has 1 fully saturated rings. The van der Waals surface area contributed by atoms with E-state index in [1.54, 1.807) is 36.4 Å². The number of aromatic nitrogens is 5. The number of ketones is 1. The molecule has 2 aromatic carbocycles. The number of halogens is 5. The minimum Gasteiger partial charge on any atom is -0.357 e. The van der Waals surface area contributed by atoms with Gasteiger partial charge in [0.2, 0.25) is 5.78 Å². The van der Waals surface area contributed by atoms with Crippen LogP contribution in [-0.2, 0) is 28.8 Å². The van der Waals surface area contributed by atoms with Crippen LogP contribution in [0.2, 0.25) is 5.02 Å². The molecule has 1 atom stereocenters. The van der Waals surface area contributed by atoms with Crippen molar-refractivity contribution < 1.29 is 36.4 Å². The summed E-state index contributed by atoms with van der Waals surface area (Å²) in [5.41, 5.74) is -0.525. The lowest BCUT2D eigenvalue weighted by molar-refractivity contribution is -0.171. The fraction of sp³-hybridized carbons (Fsp3) is 0.258. The van der Waals surface area contributed by atoms with Crippen molar-refractivity contribution >= 4 is 17.4 Å². The minimum absolute atomic E-state index is 0.00125. The summed E-state index contributed by atoms with van der Waals surface area (Å²) >= 11 is 6.47. The van der Waals surface area contributed by atoms with Crippen LogP contribution in [0.3, 0.4) is 0 Å². The van der Waals surface area contributed by atoms with E-state index in [9.17, 15) is 22.4 Å². The number of carbonyl (C=O) groups excluding carboxylic acids is 1. The zero-order valence-electron chi connectivity index (χ0n) is 23.4. The molecule has 0 saturated carbocycles. The van der Waals surface area contributed by atoms with Gasteiger partial charge in [0.05, 0.1) is 22.7 Å². The van der Waals surface area contributed by atoms with Crippen LogP contribution in [0.25, 0.3) is 22.5 Å². The van der Waals surface area contributed by atoms with Crippen molar-refractivity contribution in [2.24, 2.45) is 0 Å². The molecule has 6 rings (SSSR count). The Balaban J connectivity index is 1.45. The van der Waals surface area contributed by atoms with Crippen molar-refractivity contribution in [2.45, 2.75) is 44.9 Å². The summed E-state index contributed by atoms with van der Waals surface area (Å²) in [5, 5.41) is 12.6. The number of pyridine rings is 1. The summed E-state index contributed by atoms with van der Waals surface area (Å²) in [6, 6.07) is 12.0. The van der Waals surface area contributed by atoms with E-state index < -0.39 is 36.2 Å². The fourth-order valence-electron chi connectivity index (χ4n) is 5.02. The van der Waals surface area contributed by atoms with Crippen molar-refractivity contribution in [1.82, 2.24) is 25.1 Å². The third-order valence-corrected chi connectivity index (χ3v) is 7.56. The van der Waals surface area contributed by atoms with E-state index in [2.05, 4.69) is 20.5 Å². The maximum Gasteiger partial charge on any atom is 0.416 e. The first-order valence-corrected chi connectivity index (χ1v) is 14.3. The lowest BCUT2D eigenvalue weighted by Crippen LogP contribution is -2.22. The van der Waals surface area contributed by atoms with E-state index in [0.717, 1.165) is 23.6 Å². The van der Waals surface area contributed by atoms with Gasteiger partial charge in [-0.2, -0.15) is 13.2 Å². The van der Waals surface area contributed by atoms with Crippen LogP contribution in [-0.4, -0.2) is 43.8 Å². The van der Waals surface area contributed by atoms with Gasteiger partial charge < -0.3 is 14.0 Å². The monoisotopic (exact) mass is 641 g/mol. The highest BCUT2D eigenvalue weighted by Crippen LogP contribution is 2.35. The molecular weight excluding hydrogens is 618 g/mol. The Morgan fingerprint density at radius 3 is 2.69 bits per heavy atom.